The van der Waals surface area contributed by atoms with E-state index in [4.69, 9.17) is 0 Å². The minimum Gasteiger partial charge on any atom is -0.313 e. The summed E-state index contributed by atoms with van der Waals surface area (Å²) in [6.45, 7) is 12.9. The predicted octanol–water partition coefficient (Wildman–Crippen LogP) is 1.79. The van der Waals surface area contributed by atoms with Crippen molar-refractivity contribution in [1.82, 2.24) is 15.1 Å². The molecule has 1 rings (SSSR count). The van der Waals surface area contributed by atoms with Crippen molar-refractivity contribution >= 4 is 0 Å². The molecule has 1 N–H and O–H groups in total. The first-order valence-corrected chi connectivity index (χ1v) is 7.33. The Morgan fingerprint density at radius 3 is 2.82 bits per heavy atom. The number of nitrogens with zero attached hydrogens (tertiary/aromatic N) is 2. The van der Waals surface area contributed by atoms with Gasteiger partial charge >= 0.3 is 0 Å². The van der Waals surface area contributed by atoms with Gasteiger partial charge in [-0.05, 0) is 46.3 Å². The predicted molar refractivity (Wildman–Crippen MR) is 75.5 cm³/mol. The van der Waals surface area contributed by atoms with Gasteiger partial charge in [-0.2, -0.15) is 0 Å². The second-order valence-corrected chi connectivity index (χ2v) is 5.48. The number of hydrogen-bond donors (Lipinski definition) is 1. The number of hydrogen-bond acceptors (Lipinski definition) is 3. The molecule has 0 aromatic rings. The van der Waals surface area contributed by atoms with Crippen LogP contribution in [-0.4, -0.2) is 61.7 Å². The third-order valence-electron chi connectivity index (χ3n) is 4.07. The van der Waals surface area contributed by atoms with E-state index in [0.29, 0.717) is 6.04 Å². The molecule has 2 atom stereocenters. The summed E-state index contributed by atoms with van der Waals surface area (Å²) in [5, 5.41) is 3.63. The molecule has 0 bridgehead atoms. The molecule has 1 fully saturated rings. The van der Waals surface area contributed by atoms with E-state index in [9.17, 15) is 0 Å². The number of nitrogens with one attached hydrogen (secondary N) is 1. The van der Waals surface area contributed by atoms with Crippen molar-refractivity contribution in [2.45, 2.75) is 52.1 Å². The number of likely N-dealkylation sites (tertiary alicyclic amines) is 1. The smallest absolute Gasteiger partial charge is 0.0207 e. The zero-order valence-electron chi connectivity index (χ0n) is 12.2. The quantitative estimate of drug-likeness (QED) is 0.699. The molecule has 3 nitrogen and oxygen atoms in total. The minimum absolute atomic E-state index is 0.714. The summed E-state index contributed by atoms with van der Waals surface area (Å²) in [4.78, 5) is 5.08. The number of rotatable bonds is 8. The van der Waals surface area contributed by atoms with Gasteiger partial charge in [0.2, 0.25) is 0 Å². The summed E-state index contributed by atoms with van der Waals surface area (Å²) in [7, 11) is 2.25. The first kappa shape index (κ1) is 14.9. The zero-order valence-corrected chi connectivity index (χ0v) is 12.2. The van der Waals surface area contributed by atoms with Gasteiger partial charge in [0, 0.05) is 31.7 Å². The molecular formula is C14H31N3. The van der Waals surface area contributed by atoms with Gasteiger partial charge in [-0.25, -0.2) is 0 Å². The Hall–Kier alpha value is -0.120. The lowest BCUT2D eigenvalue weighted by Crippen LogP contribution is -2.38. The molecule has 102 valence electrons. The Labute approximate surface area is 108 Å². The Morgan fingerprint density at radius 2 is 2.18 bits per heavy atom. The van der Waals surface area contributed by atoms with Crippen LogP contribution in [0.15, 0.2) is 0 Å². The summed E-state index contributed by atoms with van der Waals surface area (Å²) < 4.78 is 0. The van der Waals surface area contributed by atoms with Crippen LogP contribution >= 0.6 is 0 Å². The minimum atomic E-state index is 0.714. The Kier molecular flexibility index (Phi) is 7.09. The summed E-state index contributed by atoms with van der Waals surface area (Å²) in [5.74, 6) is 0. The standard InChI is InChI=1S/C14H31N3/c1-5-8-15-14-7-9-17(12-14)11-10-16(4)13(3)6-2/h13-15H,5-12H2,1-4H3. The van der Waals surface area contributed by atoms with Gasteiger partial charge in [0.05, 0.1) is 0 Å². The van der Waals surface area contributed by atoms with Crippen molar-refractivity contribution in [2.75, 3.05) is 39.8 Å². The topological polar surface area (TPSA) is 18.5 Å². The maximum atomic E-state index is 3.63. The molecule has 17 heavy (non-hydrogen) atoms. The molecule has 3 heteroatoms. The lowest BCUT2D eigenvalue weighted by atomic mass is 10.2. The highest BCUT2D eigenvalue weighted by atomic mass is 15.2. The molecular weight excluding hydrogens is 210 g/mol. The fourth-order valence-corrected chi connectivity index (χ4v) is 2.38. The van der Waals surface area contributed by atoms with Crippen molar-refractivity contribution in [2.24, 2.45) is 0 Å². The van der Waals surface area contributed by atoms with Crippen LogP contribution in [0.2, 0.25) is 0 Å². The molecule has 1 aliphatic heterocycles. The van der Waals surface area contributed by atoms with E-state index < -0.39 is 0 Å². The molecule has 1 aliphatic rings. The maximum Gasteiger partial charge on any atom is 0.0207 e. The summed E-state index contributed by atoms with van der Waals surface area (Å²) in [5.41, 5.74) is 0. The molecule has 0 radical (unpaired) electrons. The van der Waals surface area contributed by atoms with Crippen molar-refractivity contribution in [1.29, 1.82) is 0 Å². The molecule has 0 aliphatic carbocycles. The summed E-state index contributed by atoms with van der Waals surface area (Å²) in [6, 6.07) is 1.45. The Morgan fingerprint density at radius 1 is 1.41 bits per heavy atom. The van der Waals surface area contributed by atoms with Gasteiger partial charge in [0.15, 0.2) is 0 Å². The Balaban J connectivity index is 2.13. The van der Waals surface area contributed by atoms with Gasteiger partial charge in [-0.15, -0.1) is 0 Å². The second-order valence-electron chi connectivity index (χ2n) is 5.48. The zero-order chi connectivity index (χ0) is 12.7. The molecule has 1 heterocycles. The van der Waals surface area contributed by atoms with Crippen LogP contribution in [0.5, 0.6) is 0 Å². The number of likely N-dealkylation sites (N-methyl/N-ethyl adjacent to an activating group) is 1. The highest BCUT2D eigenvalue weighted by molar-refractivity contribution is 4.81. The summed E-state index contributed by atoms with van der Waals surface area (Å²) >= 11 is 0. The van der Waals surface area contributed by atoms with E-state index in [-0.39, 0.29) is 0 Å². The lowest BCUT2D eigenvalue weighted by molar-refractivity contribution is 0.209. The van der Waals surface area contributed by atoms with Gasteiger partial charge in [-0.3, -0.25) is 0 Å². The molecule has 0 saturated carbocycles. The van der Waals surface area contributed by atoms with Crippen molar-refractivity contribution < 1.29 is 0 Å². The third-order valence-corrected chi connectivity index (χ3v) is 4.07. The van der Waals surface area contributed by atoms with Crippen LogP contribution in [0.1, 0.15) is 40.0 Å². The maximum absolute atomic E-state index is 3.63. The van der Waals surface area contributed by atoms with Crippen molar-refractivity contribution in [3.63, 3.8) is 0 Å². The molecule has 0 aromatic carbocycles. The van der Waals surface area contributed by atoms with E-state index >= 15 is 0 Å². The van der Waals surface area contributed by atoms with Crippen LogP contribution in [0.25, 0.3) is 0 Å². The van der Waals surface area contributed by atoms with E-state index in [1.165, 1.54) is 52.0 Å². The van der Waals surface area contributed by atoms with Gasteiger partial charge in [0.25, 0.3) is 0 Å². The molecule has 0 spiro atoms. The highest BCUT2D eigenvalue weighted by Crippen LogP contribution is 2.09. The summed E-state index contributed by atoms with van der Waals surface area (Å²) in [6.07, 6.45) is 3.82. The second kappa shape index (κ2) is 8.06. The van der Waals surface area contributed by atoms with E-state index in [0.717, 1.165) is 6.04 Å². The van der Waals surface area contributed by atoms with E-state index in [1.54, 1.807) is 0 Å². The largest absolute Gasteiger partial charge is 0.313 e. The average Bonchev–Trinajstić information content (AvgIpc) is 2.80. The first-order valence-electron chi connectivity index (χ1n) is 7.33. The third kappa shape index (κ3) is 5.36. The van der Waals surface area contributed by atoms with E-state index in [2.05, 4.69) is 42.9 Å². The highest BCUT2D eigenvalue weighted by Gasteiger charge is 2.21. The SMILES string of the molecule is CCCNC1CCN(CCN(C)C(C)CC)C1. The van der Waals surface area contributed by atoms with Gasteiger partial charge in [-0.1, -0.05) is 13.8 Å². The fourth-order valence-electron chi connectivity index (χ4n) is 2.38. The lowest BCUT2D eigenvalue weighted by Gasteiger charge is -2.26. The molecule has 1 saturated heterocycles. The van der Waals surface area contributed by atoms with Crippen molar-refractivity contribution in [3.8, 4) is 0 Å². The Bertz CT molecular complexity index is 196. The van der Waals surface area contributed by atoms with Crippen LogP contribution in [0.3, 0.4) is 0 Å². The van der Waals surface area contributed by atoms with Crippen LogP contribution in [-0.2, 0) is 0 Å². The average molecular weight is 241 g/mol. The monoisotopic (exact) mass is 241 g/mol. The van der Waals surface area contributed by atoms with Gasteiger partial charge < -0.3 is 15.1 Å². The van der Waals surface area contributed by atoms with E-state index in [1.807, 2.05) is 0 Å². The molecule has 0 amide bonds. The van der Waals surface area contributed by atoms with Crippen molar-refractivity contribution in [3.05, 3.63) is 0 Å². The van der Waals surface area contributed by atoms with Crippen LogP contribution in [0.4, 0.5) is 0 Å². The normalized spacial score (nSPS) is 23.5. The first-order chi connectivity index (χ1) is 8.17. The van der Waals surface area contributed by atoms with Crippen LogP contribution < -0.4 is 5.32 Å². The van der Waals surface area contributed by atoms with Crippen LogP contribution in [0, 0.1) is 0 Å². The molecule has 2 unspecified atom stereocenters. The van der Waals surface area contributed by atoms with Gasteiger partial charge in [0.1, 0.15) is 0 Å². The molecule has 0 aromatic heterocycles. The fraction of sp³-hybridized carbons (Fsp3) is 1.00.